The van der Waals surface area contributed by atoms with Gasteiger partial charge in [-0.05, 0) is 12.8 Å². The van der Waals surface area contributed by atoms with E-state index < -0.39 is 11.8 Å². The van der Waals surface area contributed by atoms with Crippen LogP contribution in [0.4, 0.5) is 0 Å². The summed E-state index contributed by atoms with van der Waals surface area (Å²) in [5, 5.41) is 13.0. The number of hydrogen-bond donors (Lipinski definition) is 2. The minimum absolute atomic E-state index is 0.128. The van der Waals surface area contributed by atoms with Crippen LogP contribution in [-0.2, 0) is 9.59 Å². The van der Waals surface area contributed by atoms with Crippen LogP contribution in [0.15, 0.2) is 0 Å². The maximum atomic E-state index is 11.2. The largest absolute Gasteiger partial charge is 0.345 e. The summed E-state index contributed by atoms with van der Waals surface area (Å²) >= 11 is 0. The highest BCUT2D eigenvalue weighted by Crippen LogP contribution is 2.17. The summed E-state index contributed by atoms with van der Waals surface area (Å²) in [4.78, 5) is 22.2. The average Bonchev–Trinajstić information content (AvgIpc) is 2.66. The summed E-state index contributed by atoms with van der Waals surface area (Å²) in [6.45, 7) is -0.128. The predicted octanol–water partition coefficient (Wildman–Crippen LogP) is -0.315. The number of amides is 2. The fourth-order valence-corrected chi connectivity index (χ4v) is 1.52. The first-order valence-corrected chi connectivity index (χ1v) is 4.69. The summed E-state index contributed by atoms with van der Waals surface area (Å²) < 4.78 is 0. The molecule has 14 heavy (non-hydrogen) atoms. The molecule has 0 spiro atoms. The third-order valence-corrected chi connectivity index (χ3v) is 2.22. The second-order valence-corrected chi connectivity index (χ2v) is 3.30. The van der Waals surface area contributed by atoms with Crippen molar-refractivity contribution in [3.63, 3.8) is 0 Å². The van der Waals surface area contributed by atoms with Crippen molar-refractivity contribution in [1.82, 2.24) is 10.6 Å². The van der Waals surface area contributed by atoms with E-state index in [1.54, 1.807) is 6.07 Å². The number of carbonyl (C=O) groups excluding carboxylic acids is 2. The topological polar surface area (TPSA) is 82.0 Å². The smallest absolute Gasteiger partial charge is 0.310 e. The number of carbonyl (C=O) groups is 2. The van der Waals surface area contributed by atoms with E-state index in [1.807, 2.05) is 0 Å². The van der Waals surface area contributed by atoms with Gasteiger partial charge in [-0.25, -0.2) is 0 Å². The van der Waals surface area contributed by atoms with Crippen LogP contribution in [0.5, 0.6) is 0 Å². The number of nitriles is 1. The molecule has 0 unspecified atom stereocenters. The normalized spacial score (nSPS) is 15.9. The zero-order valence-electron chi connectivity index (χ0n) is 7.88. The molecule has 5 nitrogen and oxygen atoms in total. The number of rotatable bonds is 2. The second-order valence-electron chi connectivity index (χ2n) is 3.30. The van der Waals surface area contributed by atoms with Gasteiger partial charge in [0.1, 0.15) is 6.54 Å². The molecule has 0 heterocycles. The highest BCUT2D eigenvalue weighted by atomic mass is 16.2. The van der Waals surface area contributed by atoms with Gasteiger partial charge in [-0.15, -0.1) is 0 Å². The zero-order valence-corrected chi connectivity index (χ0v) is 7.88. The van der Waals surface area contributed by atoms with Crippen LogP contribution in [0.3, 0.4) is 0 Å². The SMILES string of the molecule is N#CCNC(=O)C(=O)NC1CCCC1. The van der Waals surface area contributed by atoms with Gasteiger partial charge in [-0.2, -0.15) is 5.26 Å². The first kappa shape index (κ1) is 10.5. The molecule has 76 valence electrons. The highest BCUT2D eigenvalue weighted by Gasteiger charge is 2.20. The van der Waals surface area contributed by atoms with Crippen LogP contribution >= 0.6 is 0 Å². The lowest BCUT2D eigenvalue weighted by Gasteiger charge is -2.10. The summed E-state index contributed by atoms with van der Waals surface area (Å²) in [7, 11) is 0. The van der Waals surface area contributed by atoms with E-state index in [9.17, 15) is 9.59 Å². The lowest BCUT2D eigenvalue weighted by Crippen LogP contribution is -2.43. The molecular formula is C9H13N3O2. The average molecular weight is 195 g/mol. The van der Waals surface area contributed by atoms with E-state index in [0.29, 0.717) is 0 Å². The Bertz CT molecular complexity index is 264. The minimum Gasteiger partial charge on any atom is -0.345 e. The molecule has 0 aromatic carbocycles. The Morgan fingerprint density at radius 3 is 2.50 bits per heavy atom. The van der Waals surface area contributed by atoms with Crippen molar-refractivity contribution in [1.29, 1.82) is 5.26 Å². The van der Waals surface area contributed by atoms with Gasteiger partial charge in [0.05, 0.1) is 6.07 Å². The number of nitrogens with one attached hydrogen (secondary N) is 2. The quantitative estimate of drug-likeness (QED) is 0.468. The Morgan fingerprint density at radius 2 is 1.93 bits per heavy atom. The molecule has 1 aliphatic rings. The minimum atomic E-state index is -0.724. The molecule has 1 saturated carbocycles. The Labute approximate surface area is 82.5 Å². The molecule has 1 aliphatic carbocycles. The lowest BCUT2D eigenvalue weighted by atomic mass is 10.2. The molecule has 0 aromatic rings. The van der Waals surface area contributed by atoms with Gasteiger partial charge < -0.3 is 10.6 Å². The van der Waals surface area contributed by atoms with E-state index in [4.69, 9.17) is 5.26 Å². The van der Waals surface area contributed by atoms with Gasteiger partial charge in [-0.3, -0.25) is 9.59 Å². The van der Waals surface area contributed by atoms with Crippen LogP contribution in [-0.4, -0.2) is 24.4 Å². The van der Waals surface area contributed by atoms with Crippen molar-refractivity contribution in [2.45, 2.75) is 31.7 Å². The molecule has 0 saturated heterocycles. The van der Waals surface area contributed by atoms with E-state index in [-0.39, 0.29) is 12.6 Å². The summed E-state index contributed by atoms with van der Waals surface area (Å²) in [5.41, 5.74) is 0. The number of hydrogen-bond acceptors (Lipinski definition) is 3. The Hall–Kier alpha value is -1.57. The van der Waals surface area contributed by atoms with Crippen molar-refractivity contribution < 1.29 is 9.59 Å². The standard InChI is InChI=1S/C9H13N3O2/c10-5-6-11-8(13)9(14)12-7-3-1-2-4-7/h7H,1-4,6H2,(H,11,13)(H,12,14). The lowest BCUT2D eigenvalue weighted by molar-refractivity contribution is -0.139. The van der Waals surface area contributed by atoms with Gasteiger partial charge in [0.15, 0.2) is 0 Å². The van der Waals surface area contributed by atoms with Crippen LogP contribution < -0.4 is 10.6 Å². The fourth-order valence-electron chi connectivity index (χ4n) is 1.52. The van der Waals surface area contributed by atoms with E-state index in [0.717, 1.165) is 25.7 Å². The molecule has 0 aliphatic heterocycles. The molecule has 0 aromatic heterocycles. The van der Waals surface area contributed by atoms with Crippen LogP contribution in [0.25, 0.3) is 0 Å². The van der Waals surface area contributed by atoms with Crippen molar-refractivity contribution >= 4 is 11.8 Å². The van der Waals surface area contributed by atoms with Crippen molar-refractivity contribution in [2.75, 3.05) is 6.54 Å². The maximum absolute atomic E-state index is 11.2. The molecule has 1 fully saturated rings. The molecule has 0 bridgehead atoms. The Kier molecular flexibility index (Phi) is 3.92. The fraction of sp³-hybridized carbons (Fsp3) is 0.667. The monoisotopic (exact) mass is 195 g/mol. The Morgan fingerprint density at radius 1 is 1.29 bits per heavy atom. The third-order valence-electron chi connectivity index (χ3n) is 2.22. The second kappa shape index (κ2) is 5.22. The van der Waals surface area contributed by atoms with Crippen molar-refractivity contribution in [3.05, 3.63) is 0 Å². The van der Waals surface area contributed by atoms with Crippen LogP contribution in [0, 0.1) is 11.3 Å². The van der Waals surface area contributed by atoms with E-state index in [2.05, 4.69) is 10.6 Å². The van der Waals surface area contributed by atoms with Crippen LogP contribution in [0.1, 0.15) is 25.7 Å². The van der Waals surface area contributed by atoms with E-state index in [1.165, 1.54) is 0 Å². The van der Waals surface area contributed by atoms with Gasteiger partial charge in [0, 0.05) is 6.04 Å². The molecule has 0 radical (unpaired) electrons. The molecule has 0 atom stereocenters. The third kappa shape index (κ3) is 3.05. The van der Waals surface area contributed by atoms with Crippen LogP contribution in [0.2, 0.25) is 0 Å². The first-order chi connectivity index (χ1) is 6.74. The summed E-state index contributed by atoms with van der Waals surface area (Å²) in [6, 6.07) is 1.87. The first-order valence-electron chi connectivity index (χ1n) is 4.69. The Balaban J connectivity index is 2.26. The van der Waals surface area contributed by atoms with Gasteiger partial charge in [0.2, 0.25) is 0 Å². The molecular weight excluding hydrogens is 182 g/mol. The highest BCUT2D eigenvalue weighted by molar-refractivity contribution is 6.35. The predicted molar refractivity (Wildman–Crippen MR) is 49.0 cm³/mol. The van der Waals surface area contributed by atoms with Gasteiger partial charge in [-0.1, -0.05) is 12.8 Å². The van der Waals surface area contributed by atoms with Gasteiger partial charge >= 0.3 is 11.8 Å². The van der Waals surface area contributed by atoms with E-state index >= 15 is 0 Å². The molecule has 2 amide bonds. The molecule has 1 rings (SSSR count). The zero-order chi connectivity index (χ0) is 10.4. The van der Waals surface area contributed by atoms with Crippen molar-refractivity contribution in [3.8, 4) is 6.07 Å². The maximum Gasteiger partial charge on any atom is 0.310 e. The molecule has 5 heteroatoms. The van der Waals surface area contributed by atoms with Gasteiger partial charge in [0.25, 0.3) is 0 Å². The molecule has 2 N–H and O–H groups in total. The summed E-state index contributed by atoms with van der Waals surface area (Å²) in [5.74, 6) is -1.36. The number of nitrogens with zero attached hydrogens (tertiary/aromatic N) is 1. The van der Waals surface area contributed by atoms with Crippen molar-refractivity contribution in [2.24, 2.45) is 0 Å². The summed E-state index contributed by atoms with van der Waals surface area (Å²) in [6.07, 6.45) is 4.09.